The lowest BCUT2D eigenvalue weighted by atomic mass is 9.86. The molecule has 0 N–H and O–H groups in total. The Balaban J connectivity index is 1.14. The lowest BCUT2D eigenvalue weighted by Gasteiger charge is -2.38. The van der Waals surface area contributed by atoms with Crippen molar-refractivity contribution >= 4 is 22.9 Å². The third-order valence-corrected chi connectivity index (χ3v) is 7.33. The molecule has 2 aliphatic heterocycles. The standard InChI is InChI=1S/C29H25N7O3/c1-38-20-8-6-7-19(17-20)36-28-26(32-33-36)27(30-18-31-28)34-13-15-35(16-14-34)29(37)25-21-9-2-4-11-23(21)39-24-12-5-3-10-22(24)25/h2-12,17-18,25H,13-16H2,1H3. The van der Waals surface area contributed by atoms with Gasteiger partial charge in [-0.15, -0.1) is 5.10 Å². The maximum absolute atomic E-state index is 13.9. The second-order valence-electron chi connectivity index (χ2n) is 9.50. The van der Waals surface area contributed by atoms with E-state index in [0.717, 1.165) is 34.1 Å². The van der Waals surface area contributed by atoms with Gasteiger partial charge in [0.2, 0.25) is 5.91 Å². The average Bonchev–Trinajstić information content (AvgIpc) is 3.44. The Morgan fingerprint density at radius 2 is 1.62 bits per heavy atom. The van der Waals surface area contributed by atoms with Gasteiger partial charge in [0.1, 0.15) is 23.6 Å². The van der Waals surface area contributed by atoms with Crippen molar-refractivity contribution in [2.45, 2.75) is 5.92 Å². The van der Waals surface area contributed by atoms with E-state index in [1.807, 2.05) is 77.7 Å². The molecule has 10 heteroatoms. The van der Waals surface area contributed by atoms with E-state index >= 15 is 0 Å². The van der Waals surface area contributed by atoms with E-state index in [0.29, 0.717) is 43.2 Å². The third-order valence-electron chi connectivity index (χ3n) is 7.33. The SMILES string of the molecule is COc1cccc(-n2nnc3c(N4CCN(C(=O)C5c6ccccc6Oc6ccccc65)CC4)ncnc32)c1. The predicted molar refractivity (Wildman–Crippen MR) is 145 cm³/mol. The highest BCUT2D eigenvalue weighted by atomic mass is 16.5. The summed E-state index contributed by atoms with van der Waals surface area (Å²) < 4.78 is 13.1. The van der Waals surface area contributed by atoms with E-state index in [1.165, 1.54) is 6.33 Å². The number of ether oxygens (including phenoxy) is 2. The van der Waals surface area contributed by atoms with Gasteiger partial charge in [-0.2, -0.15) is 4.68 Å². The van der Waals surface area contributed by atoms with E-state index in [2.05, 4.69) is 25.2 Å². The first-order valence-corrected chi connectivity index (χ1v) is 12.8. The van der Waals surface area contributed by atoms with Gasteiger partial charge >= 0.3 is 0 Å². The fraction of sp³-hybridized carbons (Fsp3) is 0.207. The van der Waals surface area contributed by atoms with Crippen LogP contribution in [0.2, 0.25) is 0 Å². The van der Waals surface area contributed by atoms with Gasteiger partial charge in [0.15, 0.2) is 17.0 Å². The maximum atomic E-state index is 13.9. The lowest BCUT2D eigenvalue weighted by Crippen LogP contribution is -2.50. The van der Waals surface area contributed by atoms with Crippen molar-refractivity contribution in [2.75, 3.05) is 38.2 Å². The molecule has 2 aromatic heterocycles. The molecule has 2 aliphatic rings. The summed E-state index contributed by atoms with van der Waals surface area (Å²) in [6, 6.07) is 23.1. The number of carbonyl (C=O) groups excluding carboxylic acids is 1. The van der Waals surface area contributed by atoms with Gasteiger partial charge in [-0.05, 0) is 24.3 Å². The predicted octanol–water partition coefficient (Wildman–Crippen LogP) is 3.81. The monoisotopic (exact) mass is 519 g/mol. The number of para-hydroxylation sites is 2. The Hall–Kier alpha value is -4.99. The molecule has 194 valence electrons. The number of methoxy groups -OCH3 is 1. The molecule has 3 aromatic carbocycles. The number of piperazine rings is 1. The number of fused-ring (bicyclic) bond motifs is 3. The van der Waals surface area contributed by atoms with Gasteiger partial charge in [-0.1, -0.05) is 47.7 Å². The van der Waals surface area contributed by atoms with E-state index in [1.54, 1.807) is 11.8 Å². The van der Waals surface area contributed by atoms with Crippen molar-refractivity contribution in [1.82, 2.24) is 29.9 Å². The molecule has 0 saturated carbocycles. The van der Waals surface area contributed by atoms with Gasteiger partial charge in [-0.3, -0.25) is 4.79 Å². The van der Waals surface area contributed by atoms with Crippen LogP contribution in [0.3, 0.4) is 0 Å². The minimum atomic E-state index is -0.397. The van der Waals surface area contributed by atoms with Crippen molar-refractivity contribution in [3.05, 3.63) is 90.3 Å². The van der Waals surface area contributed by atoms with Crippen LogP contribution in [0.5, 0.6) is 17.2 Å². The van der Waals surface area contributed by atoms with Crippen LogP contribution in [-0.4, -0.2) is 69.1 Å². The van der Waals surface area contributed by atoms with Gasteiger partial charge in [0.05, 0.1) is 18.7 Å². The molecule has 0 aliphatic carbocycles. The van der Waals surface area contributed by atoms with Crippen molar-refractivity contribution in [3.8, 4) is 22.9 Å². The number of anilines is 1. The molecule has 0 unspecified atom stereocenters. The summed E-state index contributed by atoms with van der Waals surface area (Å²) in [4.78, 5) is 27.0. The molecule has 1 saturated heterocycles. The van der Waals surface area contributed by atoms with Crippen LogP contribution in [0.15, 0.2) is 79.1 Å². The molecule has 0 spiro atoms. The van der Waals surface area contributed by atoms with Crippen molar-refractivity contribution < 1.29 is 14.3 Å². The number of hydrogen-bond donors (Lipinski definition) is 0. The first-order valence-electron chi connectivity index (χ1n) is 12.8. The third kappa shape index (κ3) is 3.92. The van der Waals surface area contributed by atoms with Gasteiger partial charge < -0.3 is 19.3 Å². The van der Waals surface area contributed by atoms with Crippen LogP contribution < -0.4 is 14.4 Å². The van der Waals surface area contributed by atoms with Gasteiger partial charge in [0.25, 0.3) is 0 Å². The number of carbonyl (C=O) groups is 1. The van der Waals surface area contributed by atoms with Crippen LogP contribution in [-0.2, 0) is 4.79 Å². The number of nitrogens with zero attached hydrogens (tertiary/aromatic N) is 7. The maximum Gasteiger partial charge on any atom is 0.234 e. The minimum absolute atomic E-state index is 0.0784. The van der Waals surface area contributed by atoms with E-state index in [4.69, 9.17) is 9.47 Å². The minimum Gasteiger partial charge on any atom is -0.497 e. The zero-order valence-electron chi connectivity index (χ0n) is 21.3. The second kappa shape index (κ2) is 9.39. The van der Waals surface area contributed by atoms with Crippen LogP contribution in [0.4, 0.5) is 5.82 Å². The fourth-order valence-corrected chi connectivity index (χ4v) is 5.38. The number of amides is 1. The highest BCUT2D eigenvalue weighted by Crippen LogP contribution is 2.44. The molecule has 10 nitrogen and oxygen atoms in total. The highest BCUT2D eigenvalue weighted by Gasteiger charge is 2.36. The molecule has 7 rings (SSSR count). The highest BCUT2D eigenvalue weighted by molar-refractivity contribution is 5.90. The zero-order chi connectivity index (χ0) is 26.3. The van der Waals surface area contributed by atoms with Gasteiger partial charge in [0, 0.05) is 43.4 Å². The van der Waals surface area contributed by atoms with E-state index < -0.39 is 5.92 Å². The molecule has 4 heterocycles. The van der Waals surface area contributed by atoms with Crippen molar-refractivity contribution in [1.29, 1.82) is 0 Å². The number of hydrogen-bond acceptors (Lipinski definition) is 8. The molecule has 0 bridgehead atoms. The lowest BCUT2D eigenvalue weighted by molar-refractivity contribution is -0.132. The number of rotatable bonds is 4. The summed E-state index contributed by atoms with van der Waals surface area (Å²) in [5.41, 5.74) is 3.83. The number of benzene rings is 3. The Morgan fingerprint density at radius 3 is 2.33 bits per heavy atom. The molecule has 0 radical (unpaired) electrons. The largest absolute Gasteiger partial charge is 0.497 e. The van der Waals surface area contributed by atoms with Crippen LogP contribution in [0.1, 0.15) is 17.0 Å². The molecular formula is C29H25N7O3. The van der Waals surface area contributed by atoms with Crippen LogP contribution >= 0.6 is 0 Å². The molecule has 5 aromatic rings. The Labute approximate surface area is 224 Å². The zero-order valence-corrected chi connectivity index (χ0v) is 21.3. The van der Waals surface area contributed by atoms with Crippen molar-refractivity contribution in [3.63, 3.8) is 0 Å². The molecular weight excluding hydrogens is 494 g/mol. The summed E-state index contributed by atoms with van der Waals surface area (Å²) in [7, 11) is 1.63. The van der Waals surface area contributed by atoms with Gasteiger partial charge in [-0.25, -0.2) is 9.97 Å². The first-order chi connectivity index (χ1) is 19.2. The smallest absolute Gasteiger partial charge is 0.234 e. The quantitative estimate of drug-likeness (QED) is 0.354. The Kier molecular flexibility index (Phi) is 5.58. The molecule has 1 fully saturated rings. The topological polar surface area (TPSA) is 98.5 Å². The number of aromatic nitrogens is 5. The summed E-state index contributed by atoms with van der Waals surface area (Å²) in [6.45, 7) is 2.37. The first kappa shape index (κ1) is 23.2. The normalized spacial score (nSPS) is 15.0. The fourth-order valence-electron chi connectivity index (χ4n) is 5.38. The summed E-state index contributed by atoms with van der Waals surface area (Å²) >= 11 is 0. The summed E-state index contributed by atoms with van der Waals surface area (Å²) in [5, 5.41) is 8.76. The summed E-state index contributed by atoms with van der Waals surface area (Å²) in [6.07, 6.45) is 1.53. The van der Waals surface area contributed by atoms with E-state index in [9.17, 15) is 4.79 Å². The molecule has 1 amide bonds. The Bertz CT molecular complexity index is 1650. The Morgan fingerprint density at radius 1 is 0.897 bits per heavy atom. The molecule has 0 atom stereocenters. The molecule has 39 heavy (non-hydrogen) atoms. The van der Waals surface area contributed by atoms with Crippen molar-refractivity contribution in [2.24, 2.45) is 0 Å². The summed E-state index contributed by atoms with van der Waals surface area (Å²) in [5.74, 6) is 2.58. The average molecular weight is 520 g/mol. The van der Waals surface area contributed by atoms with E-state index in [-0.39, 0.29) is 5.91 Å². The second-order valence-corrected chi connectivity index (χ2v) is 9.50. The van der Waals surface area contributed by atoms with Crippen LogP contribution in [0.25, 0.3) is 16.9 Å². The van der Waals surface area contributed by atoms with Crippen LogP contribution in [0, 0.1) is 0 Å².